The number of carbonyl (C=O) groups excluding carboxylic acids is 1. The van der Waals surface area contributed by atoms with Gasteiger partial charge in [-0.05, 0) is 65.1 Å². The SMILES string of the molecule is Cc1c(S(=O)(=O)N(Cc2ccccc2)[C@H]2CCN(Cc3csc(C(=N)N)c3)C2=O)sc2ccc(Cl)cc12.O=C(O)C(F)(F)F. The number of carboxylic acid groups (broad SMARTS) is 1. The molecule has 44 heavy (non-hydrogen) atoms. The molecule has 0 unspecified atom stereocenters. The Morgan fingerprint density at radius 1 is 1.18 bits per heavy atom. The number of benzene rings is 2. The van der Waals surface area contributed by atoms with E-state index in [2.05, 4.69) is 0 Å². The van der Waals surface area contributed by atoms with Crippen molar-refractivity contribution in [2.24, 2.45) is 5.73 Å². The smallest absolute Gasteiger partial charge is 0.475 e. The molecule has 0 radical (unpaired) electrons. The number of amides is 1. The van der Waals surface area contributed by atoms with E-state index < -0.39 is 28.2 Å². The number of nitrogens with one attached hydrogen (secondary N) is 1. The topological polar surface area (TPSA) is 145 Å². The molecule has 9 nitrogen and oxygen atoms in total. The third-order valence-electron chi connectivity index (χ3n) is 6.73. The minimum atomic E-state index is -5.08. The van der Waals surface area contributed by atoms with Crippen molar-refractivity contribution >= 4 is 72.1 Å². The van der Waals surface area contributed by atoms with Gasteiger partial charge in [0.05, 0.1) is 4.88 Å². The number of likely N-dealkylation sites (tertiary alicyclic amines) is 1. The van der Waals surface area contributed by atoms with Crippen molar-refractivity contribution in [1.82, 2.24) is 9.21 Å². The zero-order valence-electron chi connectivity index (χ0n) is 23.0. The number of carbonyl (C=O) groups is 2. The van der Waals surface area contributed by atoms with Gasteiger partial charge in [-0.25, -0.2) is 13.2 Å². The lowest BCUT2D eigenvalue weighted by Crippen LogP contribution is -2.44. The summed E-state index contributed by atoms with van der Waals surface area (Å²) in [6.07, 6.45) is -4.69. The number of amidine groups is 1. The summed E-state index contributed by atoms with van der Waals surface area (Å²) in [6.45, 7) is 2.67. The fourth-order valence-electron chi connectivity index (χ4n) is 4.62. The highest BCUT2D eigenvalue weighted by molar-refractivity contribution is 7.91. The summed E-state index contributed by atoms with van der Waals surface area (Å²) in [5.41, 5.74) is 7.90. The summed E-state index contributed by atoms with van der Waals surface area (Å²) >= 11 is 8.74. The van der Waals surface area contributed by atoms with Gasteiger partial charge in [-0.2, -0.15) is 17.5 Å². The average Bonchev–Trinajstić information content (AvgIpc) is 3.66. The normalized spacial score (nSPS) is 15.5. The number of nitrogens with zero attached hydrogens (tertiary/aromatic N) is 2. The molecule has 4 N–H and O–H groups in total. The standard InChI is InChI=1S/C26H25ClN4O3S3.C2HF3O2/c1-16-20-12-19(27)7-8-22(20)36-26(16)37(33,34)31(14-17-5-3-2-4-6-17)21-9-10-30(25(21)32)13-18-11-23(24(28)29)35-15-18;3-2(4,5)1(6)7/h2-8,11-12,15,21H,9-10,13-14H2,1H3,(H3,28,29);(H,6,7)/t21-;/m0./s1. The van der Waals surface area contributed by atoms with Crippen molar-refractivity contribution in [3.63, 3.8) is 0 Å². The fourth-order valence-corrected chi connectivity index (χ4v) is 9.01. The Balaban J connectivity index is 0.000000566. The Morgan fingerprint density at radius 3 is 2.43 bits per heavy atom. The van der Waals surface area contributed by atoms with Gasteiger partial charge in [-0.1, -0.05) is 41.9 Å². The number of alkyl halides is 3. The second kappa shape index (κ2) is 13.2. The summed E-state index contributed by atoms with van der Waals surface area (Å²) < 4.78 is 62.5. The van der Waals surface area contributed by atoms with E-state index >= 15 is 0 Å². The number of hydrogen-bond acceptors (Lipinski definition) is 7. The van der Waals surface area contributed by atoms with Crippen molar-refractivity contribution in [2.45, 2.75) is 42.9 Å². The summed E-state index contributed by atoms with van der Waals surface area (Å²) in [7, 11) is -4.01. The molecule has 2 aromatic heterocycles. The van der Waals surface area contributed by atoms with Gasteiger partial charge in [0.25, 0.3) is 10.0 Å². The number of sulfonamides is 1. The minimum Gasteiger partial charge on any atom is -0.475 e. The molecule has 0 aliphatic carbocycles. The van der Waals surface area contributed by atoms with Crippen LogP contribution in [0.15, 0.2) is 64.2 Å². The van der Waals surface area contributed by atoms with E-state index in [4.69, 9.17) is 32.6 Å². The lowest BCUT2D eigenvalue weighted by Gasteiger charge is -2.27. The highest BCUT2D eigenvalue weighted by Gasteiger charge is 2.43. The van der Waals surface area contributed by atoms with Crippen LogP contribution >= 0.6 is 34.3 Å². The number of thiophene rings is 2. The molecular formula is C28H26ClF3N4O5S3. The maximum absolute atomic E-state index is 14.2. The Hall–Kier alpha value is -3.50. The molecule has 234 valence electrons. The van der Waals surface area contributed by atoms with Crippen LogP contribution in [0.1, 0.15) is 28.0 Å². The van der Waals surface area contributed by atoms with Crippen LogP contribution in [0.3, 0.4) is 0 Å². The van der Waals surface area contributed by atoms with Crippen molar-refractivity contribution in [3.8, 4) is 0 Å². The van der Waals surface area contributed by atoms with Crippen LogP contribution in [-0.4, -0.2) is 59.2 Å². The molecule has 4 aromatic rings. The second-order valence-electron chi connectivity index (χ2n) is 9.79. The third kappa shape index (κ3) is 7.41. The van der Waals surface area contributed by atoms with Gasteiger partial charge >= 0.3 is 12.1 Å². The van der Waals surface area contributed by atoms with Gasteiger partial charge in [-0.15, -0.1) is 22.7 Å². The van der Waals surface area contributed by atoms with E-state index in [-0.39, 0.29) is 22.5 Å². The maximum atomic E-state index is 14.2. The molecule has 0 bridgehead atoms. The number of rotatable bonds is 8. The van der Waals surface area contributed by atoms with E-state index in [1.54, 1.807) is 30.0 Å². The number of aryl methyl sites for hydroxylation is 1. The van der Waals surface area contributed by atoms with Crippen LogP contribution in [0, 0.1) is 12.3 Å². The number of aliphatic carboxylic acids is 1. The minimum absolute atomic E-state index is 0.0120. The number of fused-ring (bicyclic) bond motifs is 1. The van der Waals surface area contributed by atoms with Gasteiger partial charge in [0.15, 0.2) is 0 Å². The quantitative estimate of drug-likeness (QED) is 0.157. The molecular weight excluding hydrogens is 661 g/mol. The van der Waals surface area contributed by atoms with Crippen molar-refractivity contribution in [3.05, 3.63) is 86.6 Å². The highest BCUT2D eigenvalue weighted by Crippen LogP contribution is 2.39. The van der Waals surface area contributed by atoms with Crippen LogP contribution in [0.4, 0.5) is 13.2 Å². The van der Waals surface area contributed by atoms with Gasteiger partial charge in [-0.3, -0.25) is 10.2 Å². The Kier molecular flexibility index (Phi) is 10.0. The predicted molar refractivity (Wildman–Crippen MR) is 164 cm³/mol. The van der Waals surface area contributed by atoms with Crippen LogP contribution < -0.4 is 5.73 Å². The van der Waals surface area contributed by atoms with E-state index in [0.29, 0.717) is 35.0 Å². The van der Waals surface area contributed by atoms with Gasteiger partial charge in [0.1, 0.15) is 16.1 Å². The summed E-state index contributed by atoms with van der Waals surface area (Å²) in [5.74, 6) is -2.99. The average molecular weight is 687 g/mol. The zero-order valence-corrected chi connectivity index (χ0v) is 26.2. The Labute approximate surface area is 263 Å². The van der Waals surface area contributed by atoms with Crippen LogP contribution in [0.2, 0.25) is 5.02 Å². The highest BCUT2D eigenvalue weighted by atomic mass is 35.5. The Morgan fingerprint density at radius 2 is 1.84 bits per heavy atom. The molecule has 16 heteroatoms. The summed E-state index contributed by atoms with van der Waals surface area (Å²) in [5, 5.41) is 18.0. The molecule has 1 saturated heterocycles. The zero-order chi connectivity index (χ0) is 32.4. The first-order valence-electron chi connectivity index (χ1n) is 12.8. The molecule has 1 amide bonds. The molecule has 2 aromatic carbocycles. The Bertz CT molecular complexity index is 1810. The van der Waals surface area contributed by atoms with Crippen molar-refractivity contribution < 1.29 is 36.3 Å². The maximum Gasteiger partial charge on any atom is 0.490 e. The lowest BCUT2D eigenvalue weighted by molar-refractivity contribution is -0.192. The number of halogens is 4. The van der Waals surface area contributed by atoms with Crippen LogP contribution in [0.25, 0.3) is 10.1 Å². The van der Waals surface area contributed by atoms with Gasteiger partial charge in [0, 0.05) is 29.4 Å². The molecule has 1 aliphatic rings. The van der Waals surface area contributed by atoms with Crippen LogP contribution in [0.5, 0.6) is 0 Å². The molecule has 3 heterocycles. The molecule has 0 spiro atoms. The lowest BCUT2D eigenvalue weighted by atomic mass is 10.2. The van der Waals surface area contributed by atoms with Gasteiger partial charge < -0.3 is 15.7 Å². The monoisotopic (exact) mass is 686 g/mol. The second-order valence-corrected chi connectivity index (χ2v) is 14.3. The number of nitrogen functional groups attached to an aromatic ring is 1. The van der Waals surface area contributed by atoms with E-state index in [0.717, 1.165) is 21.2 Å². The molecule has 1 fully saturated rings. The van der Waals surface area contributed by atoms with Crippen LogP contribution in [-0.2, 0) is 32.7 Å². The van der Waals surface area contributed by atoms with Gasteiger partial charge in [0.2, 0.25) is 5.91 Å². The summed E-state index contributed by atoms with van der Waals surface area (Å²) in [6, 6.07) is 15.7. The molecule has 5 rings (SSSR count). The molecule has 1 aliphatic heterocycles. The van der Waals surface area contributed by atoms with Crippen molar-refractivity contribution in [2.75, 3.05) is 6.54 Å². The van der Waals surface area contributed by atoms with E-state index in [9.17, 15) is 26.4 Å². The first kappa shape index (κ1) is 33.4. The summed E-state index contributed by atoms with van der Waals surface area (Å²) in [4.78, 5) is 24.8. The number of nitrogens with two attached hydrogens (primary N) is 1. The number of hydrogen-bond donors (Lipinski definition) is 3. The first-order valence-corrected chi connectivity index (χ1v) is 16.4. The predicted octanol–water partition coefficient (Wildman–Crippen LogP) is 5.83. The largest absolute Gasteiger partial charge is 0.490 e. The fraction of sp³-hybridized carbons (Fsp3) is 0.250. The molecule has 0 saturated carbocycles. The molecule has 1 atom stereocenters. The number of carboxylic acids is 1. The van der Waals surface area contributed by atoms with E-state index in [1.807, 2.05) is 41.8 Å². The first-order chi connectivity index (χ1) is 20.6. The van der Waals surface area contributed by atoms with E-state index in [1.165, 1.54) is 27.0 Å². The third-order valence-corrected chi connectivity index (χ3v) is 11.7. The van der Waals surface area contributed by atoms with Crippen molar-refractivity contribution in [1.29, 1.82) is 5.41 Å².